The third-order valence-corrected chi connectivity index (χ3v) is 5.33. The molecule has 1 amide bonds. The van der Waals surface area contributed by atoms with Crippen molar-refractivity contribution in [2.24, 2.45) is 11.8 Å². The Morgan fingerprint density at radius 1 is 1.11 bits per heavy atom. The molecule has 3 fully saturated rings. The van der Waals surface area contributed by atoms with Gasteiger partial charge in [-0.3, -0.25) is 4.79 Å². The molecule has 3 nitrogen and oxygen atoms in total. The number of rotatable bonds is 2. The summed E-state index contributed by atoms with van der Waals surface area (Å²) >= 11 is 0. The van der Waals surface area contributed by atoms with Gasteiger partial charge in [-0.25, -0.2) is 0 Å². The van der Waals surface area contributed by atoms with E-state index < -0.39 is 0 Å². The SMILES string of the molecule is CC1CCNC1C(=O)N1CCCC1C1CCCC1. The summed E-state index contributed by atoms with van der Waals surface area (Å²) < 4.78 is 0. The van der Waals surface area contributed by atoms with Gasteiger partial charge in [0, 0.05) is 12.6 Å². The second-order valence-corrected chi connectivity index (χ2v) is 6.48. The number of likely N-dealkylation sites (tertiary alicyclic amines) is 1. The molecular formula is C15H26N2O. The number of nitrogens with one attached hydrogen (secondary N) is 1. The standard InChI is InChI=1S/C15H26N2O/c1-11-8-9-16-14(11)15(18)17-10-4-7-13(17)12-5-2-3-6-12/h11-14,16H,2-10H2,1H3. The molecule has 1 saturated carbocycles. The first kappa shape index (κ1) is 12.5. The molecule has 2 aliphatic heterocycles. The van der Waals surface area contributed by atoms with Crippen molar-refractivity contribution >= 4 is 5.91 Å². The Balaban J connectivity index is 1.68. The van der Waals surface area contributed by atoms with Crippen LogP contribution in [0, 0.1) is 11.8 Å². The smallest absolute Gasteiger partial charge is 0.240 e. The molecule has 1 N–H and O–H groups in total. The number of carbonyl (C=O) groups is 1. The average Bonchev–Trinajstić information content (AvgIpc) is 3.09. The van der Waals surface area contributed by atoms with E-state index in [2.05, 4.69) is 17.1 Å². The monoisotopic (exact) mass is 250 g/mol. The van der Waals surface area contributed by atoms with Crippen LogP contribution < -0.4 is 5.32 Å². The minimum atomic E-state index is 0.104. The van der Waals surface area contributed by atoms with E-state index in [-0.39, 0.29) is 6.04 Å². The van der Waals surface area contributed by atoms with E-state index in [0.717, 1.165) is 25.4 Å². The third kappa shape index (κ3) is 2.18. The van der Waals surface area contributed by atoms with E-state index in [1.165, 1.54) is 38.5 Å². The lowest BCUT2D eigenvalue weighted by atomic mass is 9.94. The summed E-state index contributed by atoms with van der Waals surface area (Å²) in [6.07, 6.45) is 9.07. The van der Waals surface area contributed by atoms with Crippen LogP contribution in [-0.4, -0.2) is 36.0 Å². The van der Waals surface area contributed by atoms with Crippen LogP contribution >= 0.6 is 0 Å². The van der Waals surface area contributed by atoms with E-state index in [4.69, 9.17) is 0 Å². The summed E-state index contributed by atoms with van der Waals surface area (Å²) in [5.41, 5.74) is 0. The molecule has 102 valence electrons. The van der Waals surface area contributed by atoms with Gasteiger partial charge in [-0.05, 0) is 50.5 Å². The van der Waals surface area contributed by atoms with Crippen molar-refractivity contribution < 1.29 is 4.79 Å². The van der Waals surface area contributed by atoms with Crippen LogP contribution in [0.4, 0.5) is 0 Å². The molecule has 3 rings (SSSR count). The Kier molecular flexibility index (Phi) is 3.60. The van der Waals surface area contributed by atoms with Gasteiger partial charge in [-0.1, -0.05) is 19.8 Å². The fraction of sp³-hybridized carbons (Fsp3) is 0.933. The molecule has 3 aliphatic rings. The lowest BCUT2D eigenvalue weighted by Gasteiger charge is -2.32. The van der Waals surface area contributed by atoms with Crippen molar-refractivity contribution in [1.82, 2.24) is 10.2 Å². The van der Waals surface area contributed by atoms with Gasteiger partial charge in [0.15, 0.2) is 0 Å². The highest BCUT2D eigenvalue weighted by Crippen LogP contribution is 2.36. The first-order valence-electron chi connectivity index (χ1n) is 7.81. The van der Waals surface area contributed by atoms with Crippen molar-refractivity contribution in [3.05, 3.63) is 0 Å². The summed E-state index contributed by atoms with van der Waals surface area (Å²) in [5, 5.41) is 3.40. The average molecular weight is 250 g/mol. The molecule has 0 aromatic carbocycles. The van der Waals surface area contributed by atoms with Gasteiger partial charge in [0.25, 0.3) is 0 Å². The molecule has 3 heteroatoms. The highest BCUT2D eigenvalue weighted by Gasteiger charge is 2.40. The Morgan fingerprint density at radius 2 is 1.89 bits per heavy atom. The van der Waals surface area contributed by atoms with Gasteiger partial charge in [0.2, 0.25) is 5.91 Å². The van der Waals surface area contributed by atoms with E-state index in [1.807, 2.05) is 0 Å². The van der Waals surface area contributed by atoms with Crippen molar-refractivity contribution in [3.8, 4) is 0 Å². The van der Waals surface area contributed by atoms with E-state index in [9.17, 15) is 4.79 Å². The summed E-state index contributed by atoms with van der Waals surface area (Å²) in [7, 11) is 0. The van der Waals surface area contributed by atoms with Crippen LogP contribution in [0.15, 0.2) is 0 Å². The second-order valence-electron chi connectivity index (χ2n) is 6.48. The molecule has 2 heterocycles. The van der Waals surface area contributed by atoms with Crippen LogP contribution in [-0.2, 0) is 4.79 Å². The first-order chi connectivity index (χ1) is 8.77. The third-order valence-electron chi connectivity index (χ3n) is 5.33. The van der Waals surface area contributed by atoms with Crippen LogP contribution in [0.1, 0.15) is 51.9 Å². The molecule has 3 unspecified atom stereocenters. The Labute approximate surface area is 110 Å². The minimum absolute atomic E-state index is 0.104. The summed E-state index contributed by atoms with van der Waals surface area (Å²) in [4.78, 5) is 14.9. The van der Waals surface area contributed by atoms with E-state index >= 15 is 0 Å². The zero-order chi connectivity index (χ0) is 12.5. The van der Waals surface area contributed by atoms with Crippen molar-refractivity contribution in [3.63, 3.8) is 0 Å². The predicted octanol–water partition coefficient (Wildman–Crippen LogP) is 2.17. The van der Waals surface area contributed by atoms with Gasteiger partial charge >= 0.3 is 0 Å². The summed E-state index contributed by atoms with van der Waals surface area (Å²) in [6.45, 7) is 4.23. The minimum Gasteiger partial charge on any atom is -0.338 e. The first-order valence-corrected chi connectivity index (χ1v) is 7.81. The fourth-order valence-corrected chi connectivity index (χ4v) is 4.24. The highest BCUT2D eigenvalue weighted by atomic mass is 16.2. The molecule has 0 aromatic rings. The maximum atomic E-state index is 12.7. The molecule has 18 heavy (non-hydrogen) atoms. The number of amides is 1. The predicted molar refractivity (Wildman–Crippen MR) is 72.3 cm³/mol. The number of hydrogen-bond acceptors (Lipinski definition) is 2. The maximum absolute atomic E-state index is 12.7. The van der Waals surface area contributed by atoms with Crippen LogP contribution in [0.2, 0.25) is 0 Å². The lowest BCUT2D eigenvalue weighted by molar-refractivity contribution is -0.135. The van der Waals surface area contributed by atoms with Gasteiger partial charge in [0.1, 0.15) is 0 Å². The Hall–Kier alpha value is -0.570. The van der Waals surface area contributed by atoms with Gasteiger partial charge < -0.3 is 10.2 Å². The van der Waals surface area contributed by atoms with Crippen LogP contribution in [0.25, 0.3) is 0 Å². The van der Waals surface area contributed by atoms with Crippen LogP contribution in [0.3, 0.4) is 0 Å². The normalized spacial score (nSPS) is 37.6. The number of nitrogens with zero attached hydrogens (tertiary/aromatic N) is 1. The zero-order valence-electron chi connectivity index (χ0n) is 11.5. The van der Waals surface area contributed by atoms with Gasteiger partial charge in [0.05, 0.1) is 6.04 Å². The van der Waals surface area contributed by atoms with Crippen molar-refractivity contribution in [1.29, 1.82) is 0 Å². The maximum Gasteiger partial charge on any atom is 0.240 e. The molecule has 0 spiro atoms. The molecule has 3 atom stereocenters. The quantitative estimate of drug-likeness (QED) is 0.814. The molecule has 0 aromatic heterocycles. The second kappa shape index (κ2) is 5.20. The Morgan fingerprint density at radius 3 is 2.56 bits per heavy atom. The topological polar surface area (TPSA) is 32.3 Å². The van der Waals surface area contributed by atoms with Crippen molar-refractivity contribution in [2.75, 3.05) is 13.1 Å². The lowest BCUT2D eigenvalue weighted by Crippen LogP contribution is -2.49. The molecular weight excluding hydrogens is 224 g/mol. The van der Waals surface area contributed by atoms with E-state index in [0.29, 0.717) is 17.9 Å². The summed E-state index contributed by atoms with van der Waals surface area (Å²) in [6, 6.07) is 0.668. The van der Waals surface area contributed by atoms with Gasteiger partial charge in [-0.2, -0.15) is 0 Å². The van der Waals surface area contributed by atoms with Crippen molar-refractivity contribution in [2.45, 2.75) is 64.0 Å². The fourth-order valence-electron chi connectivity index (χ4n) is 4.24. The molecule has 0 radical (unpaired) electrons. The van der Waals surface area contributed by atoms with E-state index in [1.54, 1.807) is 0 Å². The van der Waals surface area contributed by atoms with Gasteiger partial charge in [-0.15, -0.1) is 0 Å². The zero-order valence-corrected chi connectivity index (χ0v) is 11.5. The summed E-state index contributed by atoms with van der Waals surface area (Å²) in [5.74, 6) is 1.71. The molecule has 2 saturated heterocycles. The molecule has 0 bridgehead atoms. The largest absolute Gasteiger partial charge is 0.338 e. The Bertz CT molecular complexity index is 312. The number of hydrogen-bond donors (Lipinski definition) is 1. The number of carbonyl (C=O) groups excluding carboxylic acids is 1. The molecule has 1 aliphatic carbocycles. The highest BCUT2D eigenvalue weighted by molar-refractivity contribution is 5.83. The van der Waals surface area contributed by atoms with Crippen LogP contribution in [0.5, 0.6) is 0 Å².